The van der Waals surface area contributed by atoms with Crippen LogP contribution in [-0.4, -0.2) is 40.8 Å². The highest BCUT2D eigenvalue weighted by Crippen LogP contribution is 2.31. The number of pyridine rings is 2. The number of aromatic nitrogens is 2. The van der Waals surface area contributed by atoms with Gasteiger partial charge in [0.1, 0.15) is 0 Å². The van der Waals surface area contributed by atoms with Gasteiger partial charge in [0.15, 0.2) is 5.78 Å². The molecule has 2 N–H and O–H groups in total. The molecule has 4 heterocycles. The smallest absolute Gasteiger partial charge is 0.181 e. The van der Waals surface area contributed by atoms with Gasteiger partial charge < -0.3 is 19.4 Å². The van der Waals surface area contributed by atoms with Crippen molar-refractivity contribution in [1.29, 1.82) is 0 Å². The van der Waals surface area contributed by atoms with Crippen LogP contribution in [0, 0.1) is 0 Å². The van der Waals surface area contributed by atoms with Crippen molar-refractivity contribution in [2.45, 2.75) is 32.4 Å². The van der Waals surface area contributed by atoms with E-state index < -0.39 is 0 Å². The largest absolute Gasteiger partial charge is 0.324 e. The summed E-state index contributed by atoms with van der Waals surface area (Å²) in [5.74, 6) is 0.105. The summed E-state index contributed by atoms with van der Waals surface area (Å²) < 4.78 is 4.22. The highest BCUT2D eigenvalue weighted by molar-refractivity contribution is 6.06. The number of likely N-dealkylation sites (N-methyl/N-ethyl adjacent to an activating group) is 2. The molecule has 0 amide bonds. The fraction of sp³-hybridized carbons (Fsp3) is 0.292. The van der Waals surface area contributed by atoms with Gasteiger partial charge in [0.25, 0.3) is 0 Å². The monoisotopic (exact) mass is 388 g/mol. The molecule has 0 aliphatic carbocycles. The summed E-state index contributed by atoms with van der Waals surface area (Å²) in [7, 11) is 3.81. The maximum absolute atomic E-state index is 12.8. The second-order valence-corrected chi connectivity index (χ2v) is 7.72. The highest BCUT2D eigenvalue weighted by Gasteiger charge is 2.19. The second kappa shape index (κ2) is 7.85. The van der Waals surface area contributed by atoms with Crippen LogP contribution in [0.25, 0.3) is 22.2 Å². The molecule has 5 nitrogen and oxygen atoms in total. The topological polar surface area (TPSA) is 50.0 Å². The van der Waals surface area contributed by atoms with Crippen LogP contribution in [0.15, 0.2) is 61.2 Å². The number of ketones is 1. The first-order valence-corrected chi connectivity index (χ1v) is 10.1. The Morgan fingerprint density at radius 1 is 0.966 bits per heavy atom. The van der Waals surface area contributed by atoms with Crippen LogP contribution in [0.5, 0.6) is 0 Å². The molecule has 5 heteroatoms. The summed E-state index contributed by atoms with van der Waals surface area (Å²) in [6, 6.07) is 12.6. The van der Waals surface area contributed by atoms with Crippen LogP contribution >= 0.6 is 0 Å². The molecule has 4 rings (SSSR count). The molecule has 150 valence electrons. The van der Waals surface area contributed by atoms with E-state index in [1.165, 1.54) is 16.6 Å². The Kier molecular flexibility index (Phi) is 5.26. The summed E-state index contributed by atoms with van der Waals surface area (Å²) in [5.41, 5.74) is 6.56. The van der Waals surface area contributed by atoms with E-state index in [1.807, 2.05) is 39.3 Å². The van der Waals surface area contributed by atoms with E-state index >= 15 is 0 Å². The lowest BCUT2D eigenvalue weighted by molar-refractivity contribution is 0.0956. The van der Waals surface area contributed by atoms with Crippen LogP contribution in [-0.2, 0) is 6.42 Å². The molecule has 0 fully saturated rings. The summed E-state index contributed by atoms with van der Waals surface area (Å²) >= 11 is 0. The molecule has 0 saturated carbocycles. The fourth-order valence-corrected chi connectivity index (χ4v) is 3.92. The number of Topliss-reactive ketones (excluding diaryl/α,β-unsaturated/α-hetero) is 1. The Balaban J connectivity index is 1.88. The average molecular weight is 389 g/mol. The van der Waals surface area contributed by atoms with E-state index in [0.717, 1.165) is 23.1 Å². The van der Waals surface area contributed by atoms with Gasteiger partial charge in [-0.25, -0.2) is 0 Å². The zero-order chi connectivity index (χ0) is 20.5. The predicted octanol–water partition coefficient (Wildman–Crippen LogP) is 3.80. The molecule has 2 unspecified atom stereocenters. The van der Waals surface area contributed by atoms with Gasteiger partial charge in [-0.15, -0.1) is 0 Å². The van der Waals surface area contributed by atoms with Crippen molar-refractivity contribution in [1.82, 2.24) is 19.4 Å². The van der Waals surface area contributed by atoms with Gasteiger partial charge in [-0.05, 0) is 81.9 Å². The van der Waals surface area contributed by atoms with Gasteiger partial charge in [0.05, 0.1) is 11.6 Å². The van der Waals surface area contributed by atoms with E-state index in [9.17, 15) is 4.79 Å². The first-order valence-electron chi connectivity index (χ1n) is 10.1. The number of nitrogens with one attached hydrogen (secondary N) is 2. The van der Waals surface area contributed by atoms with E-state index in [4.69, 9.17) is 0 Å². The van der Waals surface area contributed by atoms with Gasteiger partial charge in [-0.1, -0.05) is 0 Å². The summed E-state index contributed by atoms with van der Waals surface area (Å²) in [5, 5.41) is 6.40. The van der Waals surface area contributed by atoms with E-state index in [0.29, 0.717) is 6.04 Å². The standard InChI is InChI=1S/C24H28N4O/c1-16(25-3)13-21-19(9-12-27-10-6-8-22(21)27)18-14-23-20(24(29)17(2)26-4)7-5-11-28(23)15-18/h5-12,14-17,25-26H,13H2,1-4H3. The highest BCUT2D eigenvalue weighted by atomic mass is 16.1. The Morgan fingerprint density at radius 3 is 2.48 bits per heavy atom. The van der Waals surface area contributed by atoms with E-state index in [1.54, 1.807) is 0 Å². The number of hydrogen-bond acceptors (Lipinski definition) is 3. The lowest BCUT2D eigenvalue weighted by Crippen LogP contribution is -2.30. The van der Waals surface area contributed by atoms with Crippen molar-refractivity contribution in [2.75, 3.05) is 14.1 Å². The Hall–Kier alpha value is -2.89. The fourth-order valence-electron chi connectivity index (χ4n) is 3.92. The van der Waals surface area contributed by atoms with Crippen LogP contribution in [0.1, 0.15) is 29.8 Å². The average Bonchev–Trinajstić information content (AvgIpc) is 3.39. The molecule has 0 spiro atoms. The number of fused-ring (bicyclic) bond motifs is 2. The SMILES string of the molecule is CNC(C)Cc1c(-c2cc3c(C(=O)C(C)NC)cccn3c2)ccn2cccc12. The normalized spacial score (nSPS) is 13.8. The minimum absolute atomic E-state index is 0.105. The van der Waals surface area contributed by atoms with E-state index in [2.05, 4.69) is 69.2 Å². The predicted molar refractivity (Wildman–Crippen MR) is 119 cm³/mol. The lowest BCUT2D eigenvalue weighted by Gasteiger charge is -2.15. The molecule has 0 aromatic carbocycles. The first kappa shape index (κ1) is 19.4. The van der Waals surface area contributed by atoms with Gasteiger partial charge in [0.2, 0.25) is 0 Å². The van der Waals surface area contributed by atoms with Gasteiger partial charge in [0, 0.05) is 47.5 Å². The molecule has 4 aromatic rings. The third kappa shape index (κ3) is 3.48. The van der Waals surface area contributed by atoms with Crippen molar-refractivity contribution < 1.29 is 4.79 Å². The maximum atomic E-state index is 12.8. The number of rotatable bonds is 7. The zero-order valence-corrected chi connectivity index (χ0v) is 17.4. The summed E-state index contributed by atoms with van der Waals surface area (Å²) in [4.78, 5) is 12.8. The molecular weight excluding hydrogens is 360 g/mol. The summed E-state index contributed by atoms with van der Waals surface area (Å²) in [6.45, 7) is 4.09. The minimum atomic E-state index is -0.219. The van der Waals surface area contributed by atoms with Crippen LogP contribution in [0.2, 0.25) is 0 Å². The molecule has 4 aromatic heterocycles. The zero-order valence-electron chi connectivity index (χ0n) is 17.4. The van der Waals surface area contributed by atoms with Gasteiger partial charge >= 0.3 is 0 Å². The van der Waals surface area contributed by atoms with E-state index in [-0.39, 0.29) is 11.8 Å². The Labute approximate surface area is 171 Å². The number of carbonyl (C=O) groups excluding carboxylic acids is 1. The quantitative estimate of drug-likeness (QED) is 0.474. The van der Waals surface area contributed by atoms with Gasteiger partial charge in [-0.2, -0.15) is 0 Å². The lowest BCUT2D eigenvalue weighted by atomic mass is 9.97. The van der Waals surface area contributed by atoms with Crippen molar-refractivity contribution in [3.63, 3.8) is 0 Å². The molecular formula is C24H28N4O. The summed E-state index contributed by atoms with van der Waals surface area (Å²) in [6.07, 6.45) is 9.24. The Morgan fingerprint density at radius 2 is 1.72 bits per heavy atom. The van der Waals surface area contributed by atoms with Crippen LogP contribution in [0.4, 0.5) is 0 Å². The third-order valence-corrected chi connectivity index (χ3v) is 5.85. The molecule has 0 aliphatic rings. The molecule has 2 atom stereocenters. The number of carbonyl (C=O) groups is 1. The first-order chi connectivity index (χ1) is 14.0. The van der Waals surface area contributed by atoms with Crippen molar-refractivity contribution in [3.05, 3.63) is 72.3 Å². The van der Waals surface area contributed by atoms with Crippen molar-refractivity contribution >= 4 is 16.8 Å². The van der Waals surface area contributed by atoms with Crippen molar-refractivity contribution in [3.8, 4) is 11.1 Å². The van der Waals surface area contributed by atoms with Crippen LogP contribution < -0.4 is 10.6 Å². The van der Waals surface area contributed by atoms with Crippen LogP contribution in [0.3, 0.4) is 0 Å². The molecule has 0 aliphatic heterocycles. The number of nitrogens with zero attached hydrogens (tertiary/aromatic N) is 2. The Bertz CT molecular complexity index is 1170. The molecule has 0 bridgehead atoms. The number of hydrogen-bond donors (Lipinski definition) is 2. The second-order valence-electron chi connectivity index (χ2n) is 7.72. The molecule has 29 heavy (non-hydrogen) atoms. The van der Waals surface area contributed by atoms with Gasteiger partial charge in [-0.3, -0.25) is 4.79 Å². The molecule has 0 saturated heterocycles. The third-order valence-electron chi connectivity index (χ3n) is 5.85. The maximum Gasteiger partial charge on any atom is 0.181 e. The molecule has 0 radical (unpaired) electrons. The van der Waals surface area contributed by atoms with Crippen molar-refractivity contribution in [2.24, 2.45) is 0 Å². The minimum Gasteiger partial charge on any atom is -0.324 e.